The number of hydrogen-bond acceptors (Lipinski definition) is 3. The van der Waals surface area contributed by atoms with E-state index in [1.165, 1.54) is 5.56 Å². The normalized spacial score (nSPS) is 10.1. The molecular weight excluding hydrogens is 270 g/mol. The predicted octanol–water partition coefficient (Wildman–Crippen LogP) is 3.22. The number of nitrogens with two attached hydrogens (primary N) is 1. The minimum Gasteiger partial charge on any atom is -0.497 e. The second kappa shape index (κ2) is 6.39. The number of benzene rings is 2. The summed E-state index contributed by atoms with van der Waals surface area (Å²) in [5.41, 5.74) is 8.74. The van der Waals surface area contributed by atoms with Crippen LogP contribution in [-0.2, 0) is 6.61 Å². The molecule has 0 heterocycles. The van der Waals surface area contributed by atoms with Crippen LogP contribution in [-0.4, -0.2) is 12.1 Å². The lowest BCUT2D eigenvalue weighted by molar-refractivity contribution is 0.303. The lowest BCUT2D eigenvalue weighted by Crippen LogP contribution is -2.10. The van der Waals surface area contributed by atoms with Gasteiger partial charge in [0, 0.05) is 11.6 Å². The molecule has 2 aromatic rings. The van der Waals surface area contributed by atoms with Gasteiger partial charge in [0.2, 0.25) is 0 Å². The SMILES string of the molecule is COc1cc(OCc2ccccc2C)cc(C(N)=S)c1. The van der Waals surface area contributed by atoms with Crippen LogP contribution in [0, 0.1) is 6.92 Å². The lowest BCUT2D eigenvalue weighted by atomic mass is 10.1. The van der Waals surface area contributed by atoms with E-state index in [0.29, 0.717) is 23.1 Å². The molecule has 0 aromatic heterocycles. The maximum absolute atomic E-state index is 5.81. The zero-order chi connectivity index (χ0) is 14.5. The number of aryl methyl sites for hydroxylation is 1. The van der Waals surface area contributed by atoms with Crippen LogP contribution in [0.15, 0.2) is 42.5 Å². The molecule has 0 atom stereocenters. The Labute approximate surface area is 124 Å². The van der Waals surface area contributed by atoms with E-state index in [0.717, 1.165) is 11.1 Å². The molecule has 0 aliphatic rings. The molecule has 20 heavy (non-hydrogen) atoms. The van der Waals surface area contributed by atoms with Gasteiger partial charge in [-0.25, -0.2) is 0 Å². The van der Waals surface area contributed by atoms with Crippen molar-refractivity contribution >= 4 is 17.2 Å². The largest absolute Gasteiger partial charge is 0.497 e. The summed E-state index contributed by atoms with van der Waals surface area (Å²) >= 11 is 4.99. The van der Waals surface area contributed by atoms with Crippen molar-refractivity contribution in [3.8, 4) is 11.5 Å². The summed E-state index contributed by atoms with van der Waals surface area (Å²) in [4.78, 5) is 0.324. The van der Waals surface area contributed by atoms with Crippen molar-refractivity contribution in [3.05, 3.63) is 59.2 Å². The quantitative estimate of drug-likeness (QED) is 0.858. The molecule has 0 spiro atoms. The summed E-state index contributed by atoms with van der Waals surface area (Å²) in [6, 6.07) is 13.5. The van der Waals surface area contributed by atoms with Crippen LogP contribution in [0.1, 0.15) is 16.7 Å². The van der Waals surface area contributed by atoms with Crippen LogP contribution in [0.5, 0.6) is 11.5 Å². The van der Waals surface area contributed by atoms with Crippen LogP contribution in [0.25, 0.3) is 0 Å². The van der Waals surface area contributed by atoms with Crippen molar-refractivity contribution in [2.24, 2.45) is 5.73 Å². The molecule has 0 bridgehead atoms. The van der Waals surface area contributed by atoms with E-state index in [9.17, 15) is 0 Å². The molecular formula is C16H17NO2S. The highest BCUT2D eigenvalue weighted by molar-refractivity contribution is 7.80. The first-order valence-corrected chi connectivity index (χ1v) is 6.67. The topological polar surface area (TPSA) is 44.5 Å². The van der Waals surface area contributed by atoms with E-state index in [1.807, 2.05) is 30.3 Å². The van der Waals surface area contributed by atoms with Crippen LogP contribution < -0.4 is 15.2 Å². The Kier molecular flexibility index (Phi) is 4.58. The van der Waals surface area contributed by atoms with Crippen molar-refractivity contribution in [2.75, 3.05) is 7.11 Å². The van der Waals surface area contributed by atoms with E-state index in [-0.39, 0.29) is 0 Å². The van der Waals surface area contributed by atoms with Gasteiger partial charge in [0.25, 0.3) is 0 Å². The van der Waals surface area contributed by atoms with Gasteiger partial charge in [0.05, 0.1) is 7.11 Å². The highest BCUT2D eigenvalue weighted by Crippen LogP contribution is 2.24. The lowest BCUT2D eigenvalue weighted by Gasteiger charge is -2.11. The first kappa shape index (κ1) is 14.3. The van der Waals surface area contributed by atoms with Crippen molar-refractivity contribution in [3.63, 3.8) is 0 Å². The number of hydrogen-bond donors (Lipinski definition) is 1. The molecule has 0 fully saturated rings. The van der Waals surface area contributed by atoms with Gasteiger partial charge in [-0.1, -0.05) is 36.5 Å². The Balaban J connectivity index is 2.19. The summed E-state index contributed by atoms with van der Waals surface area (Å²) in [6.07, 6.45) is 0. The highest BCUT2D eigenvalue weighted by Gasteiger charge is 2.05. The minimum absolute atomic E-state index is 0.324. The van der Waals surface area contributed by atoms with Gasteiger partial charge in [0.15, 0.2) is 0 Å². The summed E-state index contributed by atoms with van der Waals surface area (Å²) in [6.45, 7) is 2.56. The zero-order valence-corrected chi connectivity index (χ0v) is 12.4. The molecule has 0 saturated heterocycles. The van der Waals surface area contributed by atoms with E-state index < -0.39 is 0 Å². The van der Waals surface area contributed by atoms with Crippen LogP contribution >= 0.6 is 12.2 Å². The molecule has 2 rings (SSSR count). The molecule has 3 nitrogen and oxygen atoms in total. The van der Waals surface area contributed by atoms with Gasteiger partial charge in [-0.15, -0.1) is 0 Å². The van der Waals surface area contributed by atoms with Crippen LogP contribution in [0.2, 0.25) is 0 Å². The summed E-state index contributed by atoms with van der Waals surface area (Å²) in [7, 11) is 1.60. The number of thiocarbonyl (C=S) groups is 1. The predicted molar refractivity (Wildman–Crippen MR) is 84.4 cm³/mol. The second-order valence-corrected chi connectivity index (χ2v) is 4.92. The monoisotopic (exact) mass is 287 g/mol. The Bertz CT molecular complexity index is 626. The molecule has 0 unspecified atom stereocenters. The standard InChI is InChI=1S/C16H17NO2S/c1-11-5-3-4-6-12(11)10-19-15-8-13(16(17)20)7-14(9-15)18-2/h3-9H,10H2,1-2H3,(H2,17,20). The highest BCUT2D eigenvalue weighted by atomic mass is 32.1. The fraction of sp³-hybridized carbons (Fsp3) is 0.188. The van der Waals surface area contributed by atoms with E-state index >= 15 is 0 Å². The molecule has 0 aliphatic heterocycles. The molecule has 0 radical (unpaired) electrons. The fourth-order valence-corrected chi connectivity index (χ4v) is 1.97. The molecule has 2 aromatic carbocycles. The minimum atomic E-state index is 0.324. The van der Waals surface area contributed by atoms with E-state index in [1.54, 1.807) is 13.2 Å². The third kappa shape index (κ3) is 3.48. The Morgan fingerprint density at radius 2 is 1.85 bits per heavy atom. The average Bonchev–Trinajstić information content (AvgIpc) is 2.46. The molecule has 0 aliphatic carbocycles. The molecule has 0 amide bonds. The third-order valence-corrected chi connectivity index (χ3v) is 3.29. The van der Waals surface area contributed by atoms with Gasteiger partial charge < -0.3 is 15.2 Å². The third-order valence-electron chi connectivity index (χ3n) is 3.06. The number of rotatable bonds is 5. The van der Waals surface area contributed by atoms with Gasteiger partial charge in [-0.2, -0.15) is 0 Å². The second-order valence-electron chi connectivity index (χ2n) is 4.48. The Morgan fingerprint density at radius 1 is 1.15 bits per heavy atom. The van der Waals surface area contributed by atoms with Gasteiger partial charge in [0.1, 0.15) is 23.1 Å². The summed E-state index contributed by atoms with van der Waals surface area (Å²) < 4.78 is 11.0. The average molecular weight is 287 g/mol. The summed E-state index contributed by atoms with van der Waals surface area (Å²) in [5, 5.41) is 0. The summed E-state index contributed by atoms with van der Waals surface area (Å²) in [5.74, 6) is 1.37. The fourth-order valence-electron chi connectivity index (χ4n) is 1.85. The van der Waals surface area contributed by atoms with Crippen molar-refractivity contribution in [1.82, 2.24) is 0 Å². The molecule has 104 valence electrons. The number of methoxy groups -OCH3 is 1. The first-order chi connectivity index (χ1) is 9.60. The number of ether oxygens (including phenoxy) is 2. The van der Waals surface area contributed by atoms with Gasteiger partial charge in [-0.3, -0.25) is 0 Å². The van der Waals surface area contributed by atoms with Crippen molar-refractivity contribution in [2.45, 2.75) is 13.5 Å². The van der Waals surface area contributed by atoms with E-state index in [4.69, 9.17) is 27.4 Å². The molecule has 2 N–H and O–H groups in total. The Hall–Kier alpha value is -2.07. The Morgan fingerprint density at radius 3 is 2.50 bits per heavy atom. The first-order valence-electron chi connectivity index (χ1n) is 6.26. The van der Waals surface area contributed by atoms with Gasteiger partial charge in [-0.05, 0) is 30.2 Å². The van der Waals surface area contributed by atoms with E-state index in [2.05, 4.69) is 13.0 Å². The maximum atomic E-state index is 5.81. The van der Waals surface area contributed by atoms with Gasteiger partial charge >= 0.3 is 0 Å². The molecule has 4 heteroatoms. The van der Waals surface area contributed by atoms with Crippen LogP contribution in [0.4, 0.5) is 0 Å². The zero-order valence-electron chi connectivity index (χ0n) is 11.6. The van der Waals surface area contributed by atoms with Crippen LogP contribution in [0.3, 0.4) is 0 Å². The maximum Gasteiger partial charge on any atom is 0.124 e. The molecule has 0 saturated carbocycles. The smallest absolute Gasteiger partial charge is 0.124 e. The van der Waals surface area contributed by atoms with Crippen molar-refractivity contribution < 1.29 is 9.47 Å². The van der Waals surface area contributed by atoms with Crippen molar-refractivity contribution in [1.29, 1.82) is 0 Å².